The van der Waals surface area contributed by atoms with Crippen molar-refractivity contribution in [2.75, 3.05) is 18.4 Å². The molecule has 2 unspecified atom stereocenters. The number of anilines is 1. The van der Waals surface area contributed by atoms with Gasteiger partial charge in [0.25, 0.3) is 5.91 Å². The van der Waals surface area contributed by atoms with Gasteiger partial charge >= 0.3 is 0 Å². The van der Waals surface area contributed by atoms with Crippen LogP contribution in [0.15, 0.2) is 48.7 Å². The van der Waals surface area contributed by atoms with E-state index in [-0.39, 0.29) is 53.2 Å². The molecule has 2 amide bonds. The number of nitrogens with one attached hydrogen (secondary N) is 2. The number of nitrogens with zero attached hydrogens (tertiary/aromatic N) is 4. The van der Waals surface area contributed by atoms with E-state index >= 15 is 0 Å². The van der Waals surface area contributed by atoms with Gasteiger partial charge in [-0.25, -0.2) is 13.2 Å². The Bertz CT molecular complexity index is 1320. The number of carbonyl (C=O) groups is 2. The largest absolute Gasteiger partial charge is 0.365 e. The van der Waals surface area contributed by atoms with Crippen LogP contribution in [0.2, 0.25) is 0 Å². The summed E-state index contributed by atoms with van der Waals surface area (Å²) >= 11 is 0. The summed E-state index contributed by atoms with van der Waals surface area (Å²) in [7, 11) is 0. The van der Waals surface area contributed by atoms with Gasteiger partial charge in [0.15, 0.2) is 0 Å². The molecule has 0 bridgehead atoms. The Morgan fingerprint density at radius 1 is 1.03 bits per heavy atom. The van der Waals surface area contributed by atoms with Crippen molar-refractivity contribution in [1.82, 2.24) is 25.4 Å². The molecule has 2 N–H and O–H groups in total. The highest BCUT2D eigenvalue weighted by molar-refractivity contribution is 5.95. The van der Waals surface area contributed by atoms with Crippen LogP contribution in [0, 0.1) is 11.6 Å². The third kappa shape index (κ3) is 5.25. The third-order valence-corrected chi connectivity index (χ3v) is 6.81. The number of carbonyl (C=O) groups excluding carboxylic acids is 2. The Hall–Kier alpha value is -4.02. The second-order valence-corrected chi connectivity index (χ2v) is 9.39. The number of benzene rings is 1. The summed E-state index contributed by atoms with van der Waals surface area (Å²) in [6.07, 6.45) is 0.682. The molecule has 192 valence electrons. The van der Waals surface area contributed by atoms with E-state index in [1.165, 1.54) is 43.5 Å². The van der Waals surface area contributed by atoms with Crippen molar-refractivity contribution in [3.8, 4) is 11.3 Å². The molecule has 0 radical (unpaired) electrons. The first-order valence-electron chi connectivity index (χ1n) is 12.0. The Labute approximate surface area is 211 Å². The molecule has 3 atom stereocenters. The van der Waals surface area contributed by atoms with Gasteiger partial charge in [-0.3, -0.25) is 14.6 Å². The summed E-state index contributed by atoms with van der Waals surface area (Å²) in [5, 5.41) is 14.1. The van der Waals surface area contributed by atoms with Gasteiger partial charge in [0.1, 0.15) is 23.6 Å². The van der Waals surface area contributed by atoms with E-state index in [1.54, 1.807) is 17.0 Å². The highest BCUT2D eigenvalue weighted by atomic mass is 19.1. The summed E-state index contributed by atoms with van der Waals surface area (Å²) in [6, 6.07) is 9.28. The minimum atomic E-state index is -1.11. The molecule has 37 heavy (non-hydrogen) atoms. The fraction of sp³-hybridized carbons (Fsp3) is 0.346. The number of alkyl halides is 1. The maximum atomic E-state index is 14.6. The third-order valence-electron chi connectivity index (χ3n) is 6.81. The summed E-state index contributed by atoms with van der Waals surface area (Å²) < 4.78 is 43.1. The number of pyridine rings is 1. The lowest BCUT2D eigenvalue weighted by atomic mass is 9.98. The van der Waals surface area contributed by atoms with Crippen LogP contribution in [0.25, 0.3) is 11.3 Å². The van der Waals surface area contributed by atoms with E-state index in [9.17, 15) is 22.8 Å². The molecule has 1 saturated carbocycles. The number of likely N-dealkylation sites (tertiary alicyclic amines) is 1. The predicted molar refractivity (Wildman–Crippen MR) is 129 cm³/mol. The van der Waals surface area contributed by atoms with Crippen molar-refractivity contribution in [2.45, 2.75) is 43.9 Å². The maximum Gasteiger partial charge on any atom is 0.251 e. The molecule has 2 aliphatic rings. The second-order valence-electron chi connectivity index (χ2n) is 9.39. The average Bonchev–Trinajstić information content (AvgIpc) is 3.21. The number of halogens is 3. The highest BCUT2D eigenvalue weighted by Crippen LogP contribution is 2.38. The zero-order valence-electron chi connectivity index (χ0n) is 20.0. The van der Waals surface area contributed by atoms with E-state index in [0.29, 0.717) is 18.9 Å². The van der Waals surface area contributed by atoms with Crippen LogP contribution in [0.4, 0.5) is 19.0 Å². The van der Waals surface area contributed by atoms with Gasteiger partial charge in [-0.2, -0.15) is 0 Å². The molecule has 1 saturated heterocycles. The molecule has 3 aromatic rings. The second kappa shape index (κ2) is 10.2. The van der Waals surface area contributed by atoms with E-state index in [0.717, 1.165) is 0 Å². The lowest BCUT2D eigenvalue weighted by Crippen LogP contribution is -2.60. The first kappa shape index (κ1) is 24.7. The van der Waals surface area contributed by atoms with Crippen LogP contribution in [0.3, 0.4) is 0 Å². The average molecular weight is 511 g/mol. The lowest BCUT2D eigenvalue weighted by Gasteiger charge is -2.38. The molecule has 3 heterocycles. The fourth-order valence-electron chi connectivity index (χ4n) is 4.81. The van der Waals surface area contributed by atoms with Gasteiger partial charge in [-0.05, 0) is 55.3 Å². The SMILES string of the molecule is CC(=O)N1CC(NC(=O)c2ccc(F)c(-c3ccc(NC4C[C@H](F)CC4c4ncccc4F)nn3)c2)C1. The number of rotatable bonds is 6. The van der Waals surface area contributed by atoms with Crippen LogP contribution in [0.5, 0.6) is 0 Å². The molecule has 1 aliphatic carbocycles. The molecule has 1 aliphatic heterocycles. The Morgan fingerprint density at radius 3 is 2.54 bits per heavy atom. The van der Waals surface area contributed by atoms with Crippen molar-refractivity contribution in [1.29, 1.82) is 0 Å². The van der Waals surface area contributed by atoms with E-state index in [2.05, 4.69) is 25.8 Å². The monoisotopic (exact) mass is 510 g/mol. The van der Waals surface area contributed by atoms with Crippen molar-refractivity contribution < 1.29 is 22.8 Å². The minimum Gasteiger partial charge on any atom is -0.365 e. The van der Waals surface area contributed by atoms with Crippen molar-refractivity contribution in [3.63, 3.8) is 0 Å². The molecule has 2 aromatic heterocycles. The fourth-order valence-corrected chi connectivity index (χ4v) is 4.81. The zero-order chi connectivity index (χ0) is 26.1. The Kier molecular flexibility index (Phi) is 6.77. The minimum absolute atomic E-state index is 0.0528. The molecule has 1 aromatic carbocycles. The molecular formula is C26H25F3N6O2. The molecule has 5 rings (SSSR count). The number of amides is 2. The van der Waals surface area contributed by atoms with Gasteiger partial charge in [0.05, 0.1) is 17.4 Å². The van der Waals surface area contributed by atoms with Crippen LogP contribution in [-0.4, -0.2) is 63.2 Å². The van der Waals surface area contributed by atoms with Crippen molar-refractivity contribution in [3.05, 3.63) is 71.6 Å². The smallest absolute Gasteiger partial charge is 0.251 e. The first-order valence-corrected chi connectivity index (χ1v) is 12.0. The van der Waals surface area contributed by atoms with Crippen molar-refractivity contribution in [2.24, 2.45) is 0 Å². The predicted octanol–water partition coefficient (Wildman–Crippen LogP) is 3.47. The van der Waals surface area contributed by atoms with Gasteiger partial charge in [-0.15, -0.1) is 10.2 Å². The molecular weight excluding hydrogens is 485 g/mol. The number of aromatic nitrogens is 3. The zero-order valence-corrected chi connectivity index (χ0v) is 20.0. The topological polar surface area (TPSA) is 100 Å². The standard InChI is InChI=1S/C26H25F3N6O2/c1-14(36)35-12-17(13-35)31-26(37)15-4-5-20(28)18(9-15)22-6-7-24(34-33-22)32-23-11-16(27)10-19(23)25-21(29)3-2-8-30-25/h2-9,16-17,19,23H,10-13H2,1H3,(H,31,37)(H,32,34)/t16-,19?,23?/m1/s1. The summed E-state index contributed by atoms with van der Waals surface area (Å²) in [5.41, 5.74) is 0.773. The quantitative estimate of drug-likeness (QED) is 0.527. The number of hydrogen-bond acceptors (Lipinski definition) is 6. The van der Waals surface area contributed by atoms with Crippen LogP contribution >= 0.6 is 0 Å². The molecule has 11 heteroatoms. The highest BCUT2D eigenvalue weighted by Gasteiger charge is 2.38. The normalized spacial score (nSPS) is 21.4. The summed E-state index contributed by atoms with van der Waals surface area (Å²) in [6.45, 7) is 2.34. The van der Waals surface area contributed by atoms with Gasteiger partial charge in [0.2, 0.25) is 5.91 Å². The molecule has 0 spiro atoms. The van der Waals surface area contributed by atoms with Crippen molar-refractivity contribution >= 4 is 17.6 Å². The Balaban J connectivity index is 1.28. The Morgan fingerprint density at radius 2 is 1.84 bits per heavy atom. The summed E-state index contributed by atoms with van der Waals surface area (Å²) in [4.78, 5) is 29.6. The van der Waals surface area contributed by atoms with Crippen LogP contribution < -0.4 is 10.6 Å². The van der Waals surface area contributed by atoms with Gasteiger partial charge < -0.3 is 15.5 Å². The van der Waals surface area contributed by atoms with E-state index < -0.39 is 29.8 Å². The van der Waals surface area contributed by atoms with E-state index in [4.69, 9.17) is 0 Å². The lowest BCUT2D eigenvalue weighted by molar-refractivity contribution is -0.133. The van der Waals surface area contributed by atoms with Gasteiger partial charge in [0, 0.05) is 49.3 Å². The first-order chi connectivity index (χ1) is 17.8. The molecule has 8 nitrogen and oxygen atoms in total. The van der Waals surface area contributed by atoms with Gasteiger partial charge in [-0.1, -0.05) is 0 Å². The number of hydrogen-bond donors (Lipinski definition) is 2. The van der Waals surface area contributed by atoms with Crippen LogP contribution in [0.1, 0.15) is 41.7 Å². The summed E-state index contributed by atoms with van der Waals surface area (Å²) in [5.74, 6) is -1.62. The maximum absolute atomic E-state index is 14.6. The molecule has 2 fully saturated rings. The van der Waals surface area contributed by atoms with Crippen LogP contribution in [-0.2, 0) is 4.79 Å². The van der Waals surface area contributed by atoms with E-state index in [1.807, 2.05) is 0 Å².